The Hall–Kier alpha value is -1.72. The molecule has 0 bridgehead atoms. The lowest BCUT2D eigenvalue weighted by molar-refractivity contribution is 0.0914. The molecule has 1 fully saturated rings. The summed E-state index contributed by atoms with van der Waals surface area (Å²) in [6, 6.07) is 10.5. The molecule has 0 saturated carbocycles. The second kappa shape index (κ2) is 5.73. The van der Waals surface area contributed by atoms with E-state index in [1.165, 1.54) is 0 Å². The van der Waals surface area contributed by atoms with Gasteiger partial charge >= 0.3 is 0 Å². The first-order valence-corrected chi connectivity index (χ1v) is 7.03. The van der Waals surface area contributed by atoms with Crippen LogP contribution >= 0.6 is 0 Å². The largest absolute Gasteiger partial charge is 0.338 e. The molecule has 0 N–H and O–H groups in total. The monoisotopic (exact) mass is 272 g/mol. The average molecular weight is 272 g/mol. The van der Waals surface area contributed by atoms with Crippen molar-refractivity contribution in [2.75, 3.05) is 26.7 Å². The summed E-state index contributed by atoms with van der Waals surface area (Å²) < 4.78 is 5.37. The van der Waals surface area contributed by atoms with Gasteiger partial charge in [-0.15, -0.1) is 0 Å². The molecule has 5 heteroatoms. The molecular formula is C15H20N4O. The number of hydrogen-bond donors (Lipinski definition) is 0. The van der Waals surface area contributed by atoms with Gasteiger partial charge in [0.1, 0.15) is 0 Å². The first kappa shape index (κ1) is 13.3. The lowest BCUT2D eigenvalue weighted by Gasteiger charge is -2.36. The second-order valence-electron chi connectivity index (χ2n) is 5.44. The minimum absolute atomic E-state index is 0.570. The summed E-state index contributed by atoms with van der Waals surface area (Å²) in [4.78, 5) is 9.23. The summed E-state index contributed by atoms with van der Waals surface area (Å²) in [5.74, 6) is 1.36. The summed E-state index contributed by atoms with van der Waals surface area (Å²) in [5, 5.41) is 4.06. The number of hydrogen-bond acceptors (Lipinski definition) is 5. The highest BCUT2D eigenvalue weighted by Gasteiger charge is 2.22. The van der Waals surface area contributed by atoms with Gasteiger partial charge in [-0.3, -0.25) is 4.90 Å². The molecule has 1 aromatic carbocycles. The first-order chi connectivity index (χ1) is 9.72. The van der Waals surface area contributed by atoms with E-state index in [9.17, 15) is 0 Å². The molecule has 1 atom stereocenters. The van der Waals surface area contributed by atoms with Crippen molar-refractivity contribution in [1.29, 1.82) is 0 Å². The maximum absolute atomic E-state index is 5.37. The number of nitrogens with zero attached hydrogens (tertiary/aromatic N) is 4. The van der Waals surface area contributed by atoms with Gasteiger partial charge in [0.15, 0.2) is 0 Å². The van der Waals surface area contributed by atoms with Gasteiger partial charge in [-0.2, -0.15) is 4.98 Å². The third-order valence-corrected chi connectivity index (χ3v) is 3.90. The van der Waals surface area contributed by atoms with Crippen LogP contribution in [0.25, 0.3) is 11.4 Å². The van der Waals surface area contributed by atoms with E-state index in [2.05, 4.69) is 33.9 Å². The van der Waals surface area contributed by atoms with E-state index in [-0.39, 0.29) is 0 Å². The Morgan fingerprint density at radius 1 is 1.25 bits per heavy atom. The van der Waals surface area contributed by atoms with E-state index in [1.807, 2.05) is 30.3 Å². The van der Waals surface area contributed by atoms with E-state index < -0.39 is 0 Å². The van der Waals surface area contributed by atoms with Gasteiger partial charge in [0.25, 0.3) is 0 Å². The maximum atomic E-state index is 5.37. The van der Waals surface area contributed by atoms with Gasteiger partial charge < -0.3 is 9.42 Å². The number of piperazine rings is 1. The van der Waals surface area contributed by atoms with Crippen molar-refractivity contribution < 1.29 is 4.52 Å². The molecule has 1 aliphatic heterocycles. The maximum Gasteiger partial charge on any atom is 0.241 e. The van der Waals surface area contributed by atoms with Crippen molar-refractivity contribution >= 4 is 0 Å². The van der Waals surface area contributed by atoms with Crippen LogP contribution in [0.3, 0.4) is 0 Å². The van der Waals surface area contributed by atoms with Crippen LogP contribution in [-0.2, 0) is 6.54 Å². The third-order valence-electron chi connectivity index (χ3n) is 3.90. The summed E-state index contributed by atoms with van der Waals surface area (Å²) >= 11 is 0. The Kier molecular flexibility index (Phi) is 3.80. The van der Waals surface area contributed by atoms with Crippen molar-refractivity contribution in [1.82, 2.24) is 19.9 Å². The van der Waals surface area contributed by atoms with E-state index in [4.69, 9.17) is 4.52 Å². The van der Waals surface area contributed by atoms with E-state index in [0.717, 1.165) is 31.7 Å². The fourth-order valence-corrected chi connectivity index (χ4v) is 2.48. The molecule has 2 heterocycles. The van der Waals surface area contributed by atoms with E-state index in [1.54, 1.807) is 0 Å². The van der Waals surface area contributed by atoms with Gasteiger partial charge in [0.05, 0.1) is 6.54 Å². The minimum atomic E-state index is 0.570. The van der Waals surface area contributed by atoms with E-state index in [0.29, 0.717) is 17.8 Å². The standard InChI is InChI=1S/C15H20N4O/c1-12-10-19(9-8-18(12)2)11-14-16-15(17-20-14)13-6-4-3-5-7-13/h3-7,12H,8-11H2,1-2H3/t12-/m0/s1. The Labute approximate surface area is 119 Å². The third kappa shape index (κ3) is 2.89. The van der Waals surface area contributed by atoms with Gasteiger partial charge in [-0.1, -0.05) is 35.5 Å². The second-order valence-corrected chi connectivity index (χ2v) is 5.44. The summed E-state index contributed by atoms with van der Waals surface area (Å²) in [7, 11) is 2.17. The van der Waals surface area contributed by atoms with Crippen LogP contribution in [0.2, 0.25) is 0 Å². The predicted octanol–water partition coefficient (Wildman–Crippen LogP) is 1.87. The quantitative estimate of drug-likeness (QED) is 0.853. The SMILES string of the molecule is C[C@H]1CN(Cc2nc(-c3ccccc3)no2)CCN1C. The topological polar surface area (TPSA) is 45.4 Å². The summed E-state index contributed by atoms with van der Waals surface area (Å²) in [6.07, 6.45) is 0. The number of aromatic nitrogens is 2. The lowest BCUT2D eigenvalue weighted by Crippen LogP contribution is -2.49. The molecule has 20 heavy (non-hydrogen) atoms. The van der Waals surface area contributed by atoms with Crippen LogP contribution in [-0.4, -0.2) is 52.7 Å². The fraction of sp³-hybridized carbons (Fsp3) is 0.467. The van der Waals surface area contributed by atoms with E-state index >= 15 is 0 Å². The zero-order chi connectivity index (χ0) is 13.9. The smallest absolute Gasteiger partial charge is 0.241 e. The highest BCUT2D eigenvalue weighted by atomic mass is 16.5. The predicted molar refractivity (Wildman–Crippen MR) is 77.1 cm³/mol. The van der Waals surface area contributed by atoms with Crippen LogP contribution in [0.15, 0.2) is 34.9 Å². The van der Waals surface area contributed by atoms with Crippen molar-refractivity contribution in [2.24, 2.45) is 0 Å². The number of rotatable bonds is 3. The summed E-state index contributed by atoms with van der Waals surface area (Å²) in [6.45, 7) is 6.15. The van der Waals surface area contributed by atoms with Crippen LogP contribution in [0.4, 0.5) is 0 Å². The van der Waals surface area contributed by atoms with Gasteiger partial charge in [0, 0.05) is 31.2 Å². The zero-order valence-electron chi connectivity index (χ0n) is 12.0. The summed E-state index contributed by atoms with van der Waals surface area (Å²) in [5.41, 5.74) is 0.995. The molecule has 0 aliphatic carbocycles. The molecule has 106 valence electrons. The number of likely N-dealkylation sites (N-methyl/N-ethyl adjacent to an activating group) is 1. The first-order valence-electron chi connectivity index (χ1n) is 7.03. The average Bonchev–Trinajstić information content (AvgIpc) is 2.92. The minimum Gasteiger partial charge on any atom is -0.338 e. The van der Waals surface area contributed by atoms with Crippen molar-refractivity contribution in [2.45, 2.75) is 19.5 Å². The highest BCUT2D eigenvalue weighted by Crippen LogP contribution is 2.16. The van der Waals surface area contributed by atoms with Gasteiger partial charge in [0.2, 0.25) is 11.7 Å². The molecule has 5 nitrogen and oxygen atoms in total. The van der Waals surface area contributed by atoms with Gasteiger partial charge in [-0.05, 0) is 14.0 Å². The molecule has 0 radical (unpaired) electrons. The molecule has 0 amide bonds. The number of benzene rings is 1. The molecule has 1 aliphatic rings. The molecule has 3 rings (SSSR count). The Morgan fingerprint density at radius 2 is 2.05 bits per heavy atom. The Balaban J connectivity index is 1.66. The van der Waals surface area contributed by atoms with Gasteiger partial charge in [-0.25, -0.2) is 0 Å². The van der Waals surface area contributed by atoms with Crippen LogP contribution in [0.1, 0.15) is 12.8 Å². The van der Waals surface area contributed by atoms with Crippen LogP contribution in [0.5, 0.6) is 0 Å². The molecule has 2 aromatic rings. The zero-order valence-corrected chi connectivity index (χ0v) is 12.0. The van der Waals surface area contributed by atoms with Crippen molar-refractivity contribution in [3.63, 3.8) is 0 Å². The molecule has 1 saturated heterocycles. The molecule has 1 aromatic heterocycles. The highest BCUT2D eigenvalue weighted by molar-refractivity contribution is 5.53. The molecular weight excluding hydrogens is 252 g/mol. The molecule has 0 spiro atoms. The lowest BCUT2D eigenvalue weighted by atomic mass is 10.2. The fourth-order valence-electron chi connectivity index (χ4n) is 2.48. The van der Waals surface area contributed by atoms with Crippen molar-refractivity contribution in [3.8, 4) is 11.4 Å². The van der Waals surface area contributed by atoms with Crippen LogP contribution < -0.4 is 0 Å². The van der Waals surface area contributed by atoms with Crippen LogP contribution in [0, 0.1) is 0 Å². The molecule has 0 unspecified atom stereocenters. The normalized spacial score (nSPS) is 21.2. The Morgan fingerprint density at radius 3 is 2.80 bits per heavy atom. The Bertz CT molecular complexity index is 554. The van der Waals surface area contributed by atoms with Crippen molar-refractivity contribution in [3.05, 3.63) is 36.2 Å².